The third-order valence-electron chi connectivity index (χ3n) is 2.77. The summed E-state index contributed by atoms with van der Waals surface area (Å²) in [5.74, 6) is 0. The summed E-state index contributed by atoms with van der Waals surface area (Å²) in [5, 5.41) is 3.42. The first-order chi connectivity index (χ1) is 7.77. The second-order valence-corrected chi connectivity index (χ2v) is 4.82. The Balaban J connectivity index is 2.88. The van der Waals surface area contributed by atoms with E-state index in [4.69, 9.17) is 5.73 Å². The molecule has 3 N–H and O–H groups in total. The molecule has 0 aliphatic rings. The molecular formula is C13H31N3. The van der Waals surface area contributed by atoms with Crippen molar-refractivity contribution in [3.05, 3.63) is 0 Å². The summed E-state index contributed by atoms with van der Waals surface area (Å²) >= 11 is 0. The quantitative estimate of drug-likeness (QED) is 0.502. The maximum absolute atomic E-state index is 5.42. The Hall–Kier alpha value is -0.120. The van der Waals surface area contributed by atoms with Crippen LogP contribution in [0.2, 0.25) is 0 Å². The first-order valence-corrected chi connectivity index (χ1v) is 6.83. The van der Waals surface area contributed by atoms with Crippen molar-refractivity contribution < 1.29 is 0 Å². The minimum atomic E-state index is 0.804. The van der Waals surface area contributed by atoms with Crippen molar-refractivity contribution in [3.63, 3.8) is 0 Å². The van der Waals surface area contributed by atoms with Gasteiger partial charge in [0, 0.05) is 0 Å². The van der Waals surface area contributed by atoms with E-state index in [9.17, 15) is 0 Å². The summed E-state index contributed by atoms with van der Waals surface area (Å²) in [6.45, 7) is 4.29. The van der Waals surface area contributed by atoms with Crippen LogP contribution in [-0.4, -0.2) is 45.2 Å². The Morgan fingerprint density at radius 3 is 2.00 bits per heavy atom. The predicted molar refractivity (Wildman–Crippen MR) is 72.8 cm³/mol. The number of nitrogens with zero attached hydrogens (tertiary/aromatic N) is 1. The average Bonchev–Trinajstić information content (AvgIpc) is 2.25. The highest BCUT2D eigenvalue weighted by Gasteiger charge is 1.93. The van der Waals surface area contributed by atoms with E-state index in [1.807, 2.05) is 0 Å². The van der Waals surface area contributed by atoms with Gasteiger partial charge in [0.25, 0.3) is 0 Å². The molecule has 0 saturated carbocycles. The minimum Gasteiger partial charge on any atom is -0.330 e. The zero-order chi connectivity index (χ0) is 12.1. The number of hydrogen-bond acceptors (Lipinski definition) is 3. The number of nitrogens with two attached hydrogens (primary N) is 1. The summed E-state index contributed by atoms with van der Waals surface area (Å²) in [6, 6.07) is 0. The van der Waals surface area contributed by atoms with Gasteiger partial charge in [-0.05, 0) is 59.5 Å². The molecule has 0 aromatic heterocycles. The lowest BCUT2D eigenvalue weighted by Crippen LogP contribution is -2.19. The molecule has 3 heteroatoms. The Labute approximate surface area is 102 Å². The van der Waals surface area contributed by atoms with Crippen LogP contribution in [0.4, 0.5) is 0 Å². The Morgan fingerprint density at radius 2 is 1.38 bits per heavy atom. The van der Waals surface area contributed by atoms with Crippen LogP contribution in [-0.2, 0) is 0 Å². The van der Waals surface area contributed by atoms with Gasteiger partial charge in [0.2, 0.25) is 0 Å². The Morgan fingerprint density at radius 1 is 0.812 bits per heavy atom. The van der Waals surface area contributed by atoms with E-state index in [2.05, 4.69) is 24.3 Å². The van der Waals surface area contributed by atoms with Gasteiger partial charge in [-0.25, -0.2) is 0 Å². The molecule has 0 spiro atoms. The lowest BCUT2D eigenvalue weighted by atomic mass is 10.1. The van der Waals surface area contributed by atoms with Crippen molar-refractivity contribution in [2.75, 3.05) is 40.3 Å². The highest BCUT2D eigenvalue weighted by molar-refractivity contribution is 4.51. The molecule has 0 fully saturated rings. The summed E-state index contributed by atoms with van der Waals surface area (Å²) in [5.41, 5.74) is 5.42. The second kappa shape index (κ2) is 12.9. The Bertz CT molecular complexity index is 126. The van der Waals surface area contributed by atoms with Crippen molar-refractivity contribution in [1.82, 2.24) is 10.2 Å². The highest BCUT2D eigenvalue weighted by atomic mass is 15.0. The van der Waals surface area contributed by atoms with Crippen LogP contribution in [0, 0.1) is 0 Å². The van der Waals surface area contributed by atoms with Crippen molar-refractivity contribution in [1.29, 1.82) is 0 Å². The lowest BCUT2D eigenvalue weighted by molar-refractivity contribution is 0.389. The molecule has 0 saturated heterocycles. The topological polar surface area (TPSA) is 41.3 Å². The van der Waals surface area contributed by atoms with Crippen LogP contribution < -0.4 is 11.1 Å². The minimum absolute atomic E-state index is 0.804. The van der Waals surface area contributed by atoms with Gasteiger partial charge in [-0.2, -0.15) is 0 Å². The number of nitrogens with one attached hydrogen (secondary N) is 1. The SMILES string of the molecule is CN(C)CCCCCCCCNCCCN. The normalized spacial score (nSPS) is 11.2. The average molecular weight is 229 g/mol. The number of unbranched alkanes of at least 4 members (excludes halogenated alkanes) is 5. The van der Waals surface area contributed by atoms with Crippen LogP contribution in [0.5, 0.6) is 0 Å². The monoisotopic (exact) mass is 229 g/mol. The zero-order valence-corrected chi connectivity index (χ0v) is 11.3. The Kier molecular flexibility index (Phi) is 12.9. The first-order valence-electron chi connectivity index (χ1n) is 6.83. The largest absolute Gasteiger partial charge is 0.330 e. The molecule has 0 atom stereocenters. The fraction of sp³-hybridized carbons (Fsp3) is 1.00. The zero-order valence-electron chi connectivity index (χ0n) is 11.3. The fourth-order valence-corrected chi connectivity index (χ4v) is 1.74. The fourth-order valence-electron chi connectivity index (χ4n) is 1.74. The van der Waals surface area contributed by atoms with E-state index >= 15 is 0 Å². The van der Waals surface area contributed by atoms with Crippen molar-refractivity contribution >= 4 is 0 Å². The molecule has 16 heavy (non-hydrogen) atoms. The van der Waals surface area contributed by atoms with Gasteiger partial charge >= 0.3 is 0 Å². The molecule has 0 aliphatic carbocycles. The third kappa shape index (κ3) is 13.9. The third-order valence-corrected chi connectivity index (χ3v) is 2.77. The van der Waals surface area contributed by atoms with Gasteiger partial charge in [-0.3, -0.25) is 0 Å². The van der Waals surface area contributed by atoms with E-state index in [0.29, 0.717) is 0 Å². The molecule has 3 nitrogen and oxygen atoms in total. The molecule has 0 heterocycles. The summed E-state index contributed by atoms with van der Waals surface area (Å²) in [4.78, 5) is 2.27. The van der Waals surface area contributed by atoms with Crippen LogP contribution in [0.25, 0.3) is 0 Å². The van der Waals surface area contributed by atoms with Crippen molar-refractivity contribution in [2.24, 2.45) is 5.73 Å². The molecule has 0 unspecified atom stereocenters. The van der Waals surface area contributed by atoms with E-state index in [1.54, 1.807) is 0 Å². The number of rotatable bonds is 12. The van der Waals surface area contributed by atoms with E-state index in [1.165, 1.54) is 45.1 Å². The lowest BCUT2D eigenvalue weighted by Gasteiger charge is -2.08. The maximum Gasteiger partial charge on any atom is -0.00248 e. The smallest absolute Gasteiger partial charge is 0.00248 e. The van der Waals surface area contributed by atoms with Crippen molar-refractivity contribution in [2.45, 2.75) is 44.9 Å². The van der Waals surface area contributed by atoms with Gasteiger partial charge in [-0.15, -0.1) is 0 Å². The summed E-state index contributed by atoms with van der Waals surface area (Å²) in [6.07, 6.45) is 9.32. The second-order valence-electron chi connectivity index (χ2n) is 4.82. The van der Waals surface area contributed by atoms with Crippen LogP contribution in [0.15, 0.2) is 0 Å². The van der Waals surface area contributed by atoms with Crippen molar-refractivity contribution in [3.8, 4) is 0 Å². The summed E-state index contributed by atoms with van der Waals surface area (Å²) < 4.78 is 0. The van der Waals surface area contributed by atoms with Gasteiger partial charge in [-0.1, -0.05) is 25.7 Å². The summed E-state index contributed by atoms with van der Waals surface area (Å²) in [7, 11) is 4.29. The molecule has 0 bridgehead atoms. The molecular weight excluding hydrogens is 198 g/mol. The molecule has 0 aromatic carbocycles. The van der Waals surface area contributed by atoms with Gasteiger partial charge < -0.3 is 16.0 Å². The van der Waals surface area contributed by atoms with Gasteiger partial charge in [0.05, 0.1) is 0 Å². The number of hydrogen-bond donors (Lipinski definition) is 2. The molecule has 0 rings (SSSR count). The van der Waals surface area contributed by atoms with Gasteiger partial charge in [0.1, 0.15) is 0 Å². The standard InChI is InChI=1S/C13H31N3/c1-16(2)13-8-6-4-3-5-7-11-15-12-9-10-14/h15H,3-14H2,1-2H3. The molecule has 0 aromatic rings. The van der Waals surface area contributed by atoms with E-state index < -0.39 is 0 Å². The van der Waals surface area contributed by atoms with Gasteiger partial charge in [0.15, 0.2) is 0 Å². The highest BCUT2D eigenvalue weighted by Crippen LogP contribution is 2.05. The maximum atomic E-state index is 5.42. The molecule has 0 aliphatic heterocycles. The van der Waals surface area contributed by atoms with E-state index in [0.717, 1.165) is 26.1 Å². The predicted octanol–water partition coefficient (Wildman–Crippen LogP) is 1.83. The molecule has 0 radical (unpaired) electrons. The first kappa shape index (κ1) is 15.9. The van der Waals surface area contributed by atoms with Crippen LogP contribution in [0.3, 0.4) is 0 Å². The van der Waals surface area contributed by atoms with Crippen LogP contribution >= 0.6 is 0 Å². The van der Waals surface area contributed by atoms with E-state index in [-0.39, 0.29) is 0 Å². The molecule has 0 amide bonds. The molecule has 98 valence electrons. The van der Waals surface area contributed by atoms with Crippen LogP contribution in [0.1, 0.15) is 44.9 Å².